The molecule has 7 nitrogen and oxygen atoms in total. The van der Waals surface area contributed by atoms with Crippen molar-refractivity contribution < 1.29 is 24.2 Å². The zero-order chi connectivity index (χ0) is 20.5. The molecule has 0 aliphatic heterocycles. The van der Waals surface area contributed by atoms with Crippen molar-refractivity contribution in [3.63, 3.8) is 0 Å². The molecule has 0 spiro atoms. The summed E-state index contributed by atoms with van der Waals surface area (Å²) in [6.45, 7) is 6.10. The van der Waals surface area contributed by atoms with Crippen LogP contribution in [-0.2, 0) is 19.8 Å². The molecule has 28 heavy (non-hydrogen) atoms. The highest BCUT2D eigenvalue weighted by atomic mass is 16.5. The number of carboxylic acid groups (broad SMARTS) is 1. The number of hydrogen-bond acceptors (Lipinski definition) is 4. The summed E-state index contributed by atoms with van der Waals surface area (Å²) >= 11 is 0. The van der Waals surface area contributed by atoms with Crippen LogP contribution >= 0.6 is 0 Å². The van der Waals surface area contributed by atoms with Gasteiger partial charge >= 0.3 is 5.97 Å². The monoisotopic (exact) mass is 388 g/mol. The summed E-state index contributed by atoms with van der Waals surface area (Å²) in [5.41, 5.74) is 5.90. The normalized spacial score (nSPS) is 26.0. The van der Waals surface area contributed by atoms with Crippen molar-refractivity contribution in [2.24, 2.45) is 23.7 Å². The van der Waals surface area contributed by atoms with E-state index in [1.807, 2.05) is 12.1 Å². The molecule has 2 aliphatic rings. The topological polar surface area (TPSA) is 105 Å². The number of ether oxygens (including phenoxy) is 1. The molecule has 0 unspecified atom stereocenters. The van der Waals surface area contributed by atoms with Crippen molar-refractivity contribution in [1.29, 1.82) is 0 Å². The zero-order valence-corrected chi connectivity index (χ0v) is 16.5. The molecule has 0 saturated heterocycles. The van der Waals surface area contributed by atoms with Gasteiger partial charge in [-0.15, -0.1) is 0 Å². The van der Waals surface area contributed by atoms with Crippen molar-refractivity contribution in [2.45, 2.75) is 45.4 Å². The average molecular weight is 388 g/mol. The Kier molecular flexibility index (Phi) is 5.63. The number of rotatable bonds is 5. The van der Waals surface area contributed by atoms with Crippen molar-refractivity contribution in [2.75, 3.05) is 6.61 Å². The molecule has 0 aromatic heterocycles. The highest BCUT2D eigenvalue weighted by Crippen LogP contribution is 2.52. The number of benzene rings is 1. The van der Waals surface area contributed by atoms with Gasteiger partial charge in [-0.05, 0) is 54.2 Å². The van der Waals surface area contributed by atoms with Crippen molar-refractivity contribution in [3.05, 3.63) is 29.8 Å². The Hall–Kier alpha value is -2.57. The summed E-state index contributed by atoms with van der Waals surface area (Å²) in [4.78, 5) is 35.9. The van der Waals surface area contributed by atoms with Crippen LogP contribution in [0.1, 0.15) is 45.6 Å². The molecule has 2 saturated carbocycles. The predicted molar refractivity (Wildman–Crippen MR) is 102 cm³/mol. The van der Waals surface area contributed by atoms with Crippen LogP contribution in [0.4, 0.5) is 0 Å². The van der Waals surface area contributed by atoms with Crippen LogP contribution < -0.4 is 15.6 Å². The van der Waals surface area contributed by atoms with Gasteiger partial charge in [0.1, 0.15) is 5.75 Å². The van der Waals surface area contributed by atoms with Gasteiger partial charge in [-0.3, -0.25) is 25.2 Å². The van der Waals surface area contributed by atoms with Crippen LogP contribution in [0.5, 0.6) is 5.75 Å². The standard InChI is InChI=1S/C21H28N2O5/c1-21(2,3)14-6-8-15(9-7-14)28-11-16(24)22-23-19(25)17-12-4-5-13(10-12)18(17)20(26)27/h6-9,12-13,17-18H,4-5,10-11H2,1-3H3,(H,22,24)(H,23,25)(H,26,27)/t12-,13-,17-,18+/m0/s1. The first-order valence-corrected chi connectivity index (χ1v) is 9.71. The van der Waals surface area contributed by atoms with Gasteiger partial charge in [-0.1, -0.05) is 32.9 Å². The number of nitrogens with one attached hydrogen (secondary N) is 2. The van der Waals surface area contributed by atoms with Crippen LogP contribution in [0.15, 0.2) is 24.3 Å². The minimum Gasteiger partial charge on any atom is -0.484 e. The first-order chi connectivity index (χ1) is 13.2. The minimum absolute atomic E-state index is 0.0354. The van der Waals surface area contributed by atoms with E-state index >= 15 is 0 Å². The quantitative estimate of drug-likeness (QED) is 0.671. The summed E-state index contributed by atoms with van der Waals surface area (Å²) in [5.74, 6) is -2.38. The lowest BCUT2D eigenvalue weighted by molar-refractivity contribution is -0.150. The molecule has 2 aliphatic carbocycles. The Morgan fingerprint density at radius 3 is 2.21 bits per heavy atom. The molecule has 4 atom stereocenters. The molecule has 3 rings (SSSR count). The molecule has 3 N–H and O–H groups in total. The number of carbonyl (C=O) groups is 3. The molecule has 1 aromatic carbocycles. The largest absolute Gasteiger partial charge is 0.484 e. The molecule has 152 valence electrons. The Bertz CT molecular complexity index is 753. The third kappa shape index (κ3) is 4.29. The lowest BCUT2D eigenvalue weighted by atomic mass is 9.79. The van der Waals surface area contributed by atoms with E-state index in [1.54, 1.807) is 12.1 Å². The second-order valence-corrected chi connectivity index (χ2v) is 8.82. The Morgan fingerprint density at radius 2 is 1.64 bits per heavy atom. The molecule has 7 heteroatoms. The maximum atomic E-state index is 12.4. The lowest BCUT2D eigenvalue weighted by Gasteiger charge is -2.26. The van der Waals surface area contributed by atoms with Gasteiger partial charge < -0.3 is 9.84 Å². The second-order valence-electron chi connectivity index (χ2n) is 8.82. The van der Waals surface area contributed by atoms with Crippen LogP contribution in [0.25, 0.3) is 0 Å². The summed E-state index contributed by atoms with van der Waals surface area (Å²) in [6, 6.07) is 7.52. The fraction of sp³-hybridized carbons (Fsp3) is 0.571. The van der Waals surface area contributed by atoms with Crippen LogP contribution in [0.3, 0.4) is 0 Å². The van der Waals surface area contributed by atoms with E-state index in [4.69, 9.17) is 4.74 Å². The van der Waals surface area contributed by atoms with E-state index in [0.29, 0.717) is 5.75 Å². The van der Waals surface area contributed by atoms with E-state index in [2.05, 4.69) is 31.6 Å². The molecule has 2 bridgehead atoms. The molecule has 1 aromatic rings. The van der Waals surface area contributed by atoms with Crippen molar-refractivity contribution >= 4 is 17.8 Å². The van der Waals surface area contributed by atoms with E-state index in [9.17, 15) is 19.5 Å². The molecule has 0 heterocycles. The molecule has 2 amide bonds. The van der Waals surface area contributed by atoms with Gasteiger partial charge in [0.25, 0.3) is 5.91 Å². The average Bonchev–Trinajstić information content (AvgIpc) is 3.25. The molecular weight excluding hydrogens is 360 g/mol. The SMILES string of the molecule is CC(C)(C)c1ccc(OCC(=O)NNC(=O)[C@H]2[C@H]3CC[C@@H](C3)[C@H]2C(=O)O)cc1. The van der Waals surface area contributed by atoms with Gasteiger partial charge in [-0.2, -0.15) is 0 Å². The molecular formula is C21H28N2O5. The fourth-order valence-electron chi connectivity index (χ4n) is 4.47. The number of hydrazine groups is 1. The highest BCUT2D eigenvalue weighted by molar-refractivity contribution is 5.88. The predicted octanol–water partition coefficient (Wildman–Crippen LogP) is 2.26. The van der Waals surface area contributed by atoms with Crippen LogP contribution in [0.2, 0.25) is 0 Å². The van der Waals surface area contributed by atoms with Crippen molar-refractivity contribution in [3.8, 4) is 5.75 Å². The maximum Gasteiger partial charge on any atom is 0.307 e. The number of amides is 2. The van der Waals surface area contributed by atoms with E-state index in [-0.39, 0.29) is 23.9 Å². The van der Waals surface area contributed by atoms with E-state index < -0.39 is 29.6 Å². The summed E-state index contributed by atoms with van der Waals surface area (Å²) in [7, 11) is 0. The van der Waals surface area contributed by atoms with E-state index in [0.717, 1.165) is 24.8 Å². The maximum absolute atomic E-state index is 12.4. The molecule has 0 radical (unpaired) electrons. The number of aliphatic carboxylic acids is 1. The highest BCUT2D eigenvalue weighted by Gasteiger charge is 2.54. The van der Waals surface area contributed by atoms with E-state index in [1.165, 1.54) is 0 Å². The van der Waals surface area contributed by atoms with Gasteiger partial charge in [0.15, 0.2) is 6.61 Å². The Labute approximate surface area is 164 Å². The van der Waals surface area contributed by atoms with Crippen LogP contribution in [-0.4, -0.2) is 29.5 Å². The first kappa shape index (κ1) is 20.2. The minimum atomic E-state index is -0.930. The van der Waals surface area contributed by atoms with Gasteiger partial charge in [-0.25, -0.2) is 0 Å². The number of fused-ring (bicyclic) bond motifs is 2. The number of hydrogen-bond donors (Lipinski definition) is 3. The first-order valence-electron chi connectivity index (χ1n) is 9.71. The summed E-state index contributed by atoms with van der Waals surface area (Å²) < 4.78 is 5.44. The summed E-state index contributed by atoms with van der Waals surface area (Å²) in [6.07, 6.45) is 2.50. The van der Waals surface area contributed by atoms with Gasteiger partial charge in [0, 0.05) is 0 Å². The van der Waals surface area contributed by atoms with Crippen LogP contribution in [0, 0.1) is 23.7 Å². The Balaban J connectivity index is 1.47. The molecule has 2 fully saturated rings. The second kappa shape index (κ2) is 7.81. The lowest BCUT2D eigenvalue weighted by Crippen LogP contribution is -2.49. The van der Waals surface area contributed by atoms with Gasteiger partial charge in [0.05, 0.1) is 11.8 Å². The van der Waals surface area contributed by atoms with Crippen molar-refractivity contribution in [1.82, 2.24) is 10.9 Å². The zero-order valence-electron chi connectivity index (χ0n) is 16.5. The Morgan fingerprint density at radius 1 is 1.04 bits per heavy atom. The fourth-order valence-corrected chi connectivity index (χ4v) is 4.47. The third-order valence-electron chi connectivity index (χ3n) is 5.92. The number of carbonyl (C=O) groups excluding carboxylic acids is 2. The smallest absolute Gasteiger partial charge is 0.307 e. The summed E-state index contributed by atoms with van der Waals surface area (Å²) in [5, 5.41) is 9.42. The number of carboxylic acids is 1. The van der Waals surface area contributed by atoms with Gasteiger partial charge in [0.2, 0.25) is 5.91 Å². The third-order valence-corrected chi connectivity index (χ3v) is 5.92.